The van der Waals surface area contributed by atoms with Crippen molar-refractivity contribution >= 4 is 55.1 Å². The first-order chi connectivity index (χ1) is 10.0. The second-order valence-corrected chi connectivity index (χ2v) is 7.49. The third-order valence-corrected chi connectivity index (χ3v) is 5.13. The van der Waals surface area contributed by atoms with E-state index in [1.807, 2.05) is 24.3 Å². The number of benzene rings is 2. The summed E-state index contributed by atoms with van der Waals surface area (Å²) in [5.41, 5.74) is 4.08. The predicted molar refractivity (Wildman–Crippen MR) is 93.3 cm³/mol. The minimum Gasteiger partial charge on any atom is -0.325 e. The summed E-state index contributed by atoms with van der Waals surface area (Å²) in [6.07, 6.45) is 1.26. The van der Waals surface area contributed by atoms with Crippen LogP contribution in [0.25, 0.3) is 0 Å². The first kappa shape index (κ1) is 15.1. The fraction of sp³-hybridized carbons (Fsp3) is 0.188. The van der Waals surface area contributed by atoms with Gasteiger partial charge in [-0.15, -0.1) is 0 Å². The van der Waals surface area contributed by atoms with Gasteiger partial charge in [0.1, 0.15) is 0 Å². The molecule has 3 rings (SSSR count). The minimum absolute atomic E-state index is 0.0244. The van der Waals surface area contributed by atoms with Crippen molar-refractivity contribution < 1.29 is 4.79 Å². The van der Waals surface area contributed by atoms with E-state index in [2.05, 4.69) is 49.3 Å². The molecule has 1 amide bonds. The highest BCUT2D eigenvalue weighted by atomic mass is 79.9. The highest BCUT2D eigenvalue weighted by Crippen LogP contribution is 2.37. The molecule has 1 unspecified atom stereocenters. The van der Waals surface area contributed by atoms with Gasteiger partial charge in [0.2, 0.25) is 5.91 Å². The van der Waals surface area contributed by atoms with Crippen molar-refractivity contribution in [2.24, 2.45) is 0 Å². The molecule has 1 aliphatic heterocycles. The van der Waals surface area contributed by atoms with Crippen molar-refractivity contribution in [3.63, 3.8) is 0 Å². The van der Waals surface area contributed by atoms with Crippen LogP contribution in [-0.4, -0.2) is 5.91 Å². The van der Waals surface area contributed by atoms with E-state index in [9.17, 15) is 4.79 Å². The molecule has 1 atom stereocenters. The van der Waals surface area contributed by atoms with Gasteiger partial charge in [-0.05, 0) is 41.3 Å². The van der Waals surface area contributed by atoms with Crippen LogP contribution < -0.4 is 5.32 Å². The maximum atomic E-state index is 11.4. The smallest absolute Gasteiger partial charge is 0.228 e. The monoisotopic (exact) mass is 427 g/mol. The first-order valence-corrected chi connectivity index (χ1v) is 8.62. The number of nitrogens with one attached hydrogen (secondary N) is 1. The largest absolute Gasteiger partial charge is 0.325 e. The van der Waals surface area contributed by atoms with Crippen molar-refractivity contribution in [3.05, 3.63) is 62.6 Å². The van der Waals surface area contributed by atoms with Crippen molar-refractivity contribution in [2.45, 2.75) is 17.7 Å². The summed E-state index contributed by atoms with van der Waals surface area (Å²) in [6, 6.07) is 12.1. The van der Waals surface area contributed by atoms with Gasteiger partial charge in [-0.2, -0.15) is 0 Å². The van der Waals surface area contributed by atoms with Gasteiger partial charge in [0.05, 0.1) is 6.42 Å². The van der Waals surface area contributed by atoms with E-state index >= 15 is 0 Å². The Balaban J connectivity index is 1.87. The second kappa shape index (κ2) is 6.11. The summed E-state index contributed by atoms with van der Waals surface area (Å²) < 4.78 is 1.06. The van der Waals surface area contributed by atoms with E-state index in [1.54, 1.807) is 0 Å². The lowest BCUT2D eigenvalue weighted by atomic mass is 10.0. The van der Waals surface area contributed by atoms with Crippen LogP contribution in [0.5, 0.6) is 0 Å². The second-order valence-electron chi connectivity index (χ2n) is 5.06. The number of fused-ring (bicyclic) bond motifs is 1. The van der Waals surface area contributed by atoms with Gasteiger partial charge in [0.15, 0.2) is 0 Å². The Kier molecular flexibility index (Phi) is 4.38. The number of halogens is 3. The molecule has 2 nitrogen and oxygen atoms in total. The Bertz CT molecular complexity index is 717. The summed E-state index contributed by atoms with van der Waals surface area (Å²) in [7, 11) is 0. The summed E-state index contributed by atoms with van der Waals surface area (Å²) in [4.78, 5) is 11.6. The number of hydrogen-bond donors (Lipinski definition) is 1. The van der Waals surface area contributed by atoms with Crippen molar-refractivity contribution in [2.75, 3.05) is 5.32 Å². The standard InChI is InChI=1S/C16H12Br2ClNO/c17-11-3-1-2-9(4-11)5-13(18)12-6-10-7-16(21)20-15(10)8-14(12)19/h1-4,6,8,13H,5,7H2,(H,20,21). The molecule has 108 valence electrons. The normalized spacial score (nSPS) is 14.7. The number of amides is 1. The molecular weight excluding hydrogens is 417 g/mol. The fourth-order valence-corrected chi connectivity index (χ4v) is 4.11. The zero-order valence-corrected chi connectivity index (χ0v) is 14.9. The van der Waals surface area contributed by atoms with Crippen molar-refractivity contribution in [3.8, 4) is 0 Å². The van der Waals surface area contributed by atoms with E-state index < -0.39 is 0 Å². The highest BCUT2D eigenvalue weighted by Gasteiger charge is 2.22. The summed E-state index contributed by atoms with van der Waals surface area (Å²) in [6.45, 7) is 0. The maximum Gasteiger partial charge on any atom is 0.228 e. The third-order valence-electron chi connectivity index (χ3n) is 3.49. The maximum absolute atomic E-state index is 11.4. The molecule has 0 spiro atoms. The topological polar surface area (TPSA) is 29.1 Å². The van der Waals surface area contributed by atoms with Crippen LogP contribution in [0.3, 0.4) is 0 Å². The molecule has 0 saturated heterocycles. The average molecular weight is 430 g/mol. The number of hydrogen-bond acceptors (Lipinski definition) is 1. The molecule has 0 saturated carbocycles. The lowest BCUT2D eigenvalue weighted by Gasteiger charge is -2.14. The molecule has 0 bridgehead atoms. The Morgan fingerprint density at radius 3 is 2.86 bits per heavy atom. The molecule has 5 heteroatoms. The van der Waals surface area contributed by atoms with Crippen LogP contribution in [0, 0.1) is 0 Å². The molecular formula is C16H12Br2ClNO. The number of rotatable bonds is 3. The van der Waals surface area contributed by atoms with Crippen molar-refractivity contribution in [1.82, 2.24) is 0 Å². The van der Waals surface area contributed by atoms with Crippen LogP contribution in [0.1, 0.15) is 21.5 Å². The molecule has 1 heterocycles. The first-order valence-electron chi connectivity index (χ1n) is 6.53. The van der Waals surface area contributed by atoms with Gasteiger partial charge in [-0.1, -0.05) is 61.7 Å². The zero-order valence-electron chi connectivity index (χ0n) is 11.0. The fourth-order valence-electron chi connectivity index (χ4n) is 2.49. The number of carbonyl (C=O) groups is 1. The molecule has 0 fully saturated rings. The van der Waals surface area contributed by atoms with E-state index in [4.69, 9.17) is 11.6 Å². The number of carbonyl (C=O) groups excluding carboxylic acids is 1. The number of anilines is 1. The van der Waals surface area contributed by atoms with Crippen LogP contribution in [0.4, 0.5) is 5.69 Å². The van der Waals surface area contributed by atoms with Crippen LogP contribution in [-0.2, 0) is 17.6 Å². The van der Waals surface area contributed by atoms with Gasteiger partial charge in [0, 0.05) is 20.0 Å². The molecule has 0 radical (unpaired) electrons. The Labute approximate surface area is 145 Å². The van der Waals surface area contributed by atoms with E-state index in [0.29, 0.717) is 11.4 Å². The van der Waals surface area contributed by atoms with Crippen LogP contribution >= 0.6 is 43.5 Å². The summed E-state index contributed by atoms with van der Waals surface area (Å²) >= 11 is 13.6. The van der Waals surface area contributed by atoms with Gasteiger partial charge in [-0.3, -0.25) is 4.79 Å². The zero-order chi connectivity index (χ0) is 15.0. The average Bonchev–Trinajstić information content (AvgIpc) is 2.76. The van der Waals surface area contributed by atoms with Crippen LogP contribution in [0.2, 0.25) is 5.02 Å². The minimum atomic E-state index is 0.0244. The highest BCUT2D eigenvalue weighted by molar-refractivity contribution is 9.10. The van der Waals surface area contributed by atoms with E-state index in [0.717, 1.165) is 27.7 Å². The Morgan fingerprint density at radius 1 is 1.29 bits per heavy atom. The van der Waals surface area contributed by atoms with Crippen LogP contribution in [0.15, 0.2) is 40.9 Å². The van der Waals surface area contributed by atoms with Crippen molar-refractivity contribution in [1.29, 1.82) is 0 Å². The molecule has 2 aromatic rings. The Morgan fingerprint density at radius 2 is 2.10 bits per heavy atom. The van der Waals surface area contributed by atoms with E-state index in [1.165, 1.54) is 5.56 Å². The van der Waals surface area contributed by atoms with Gasteiger partial charge >= 0.3 is 0 Å². The number of alkyl halides is 1. The lowest BCUT2D eigenvalue weighted by molar-refractivity contribution is -0.115. The van der Waals surface area contributed by atoms with Gasteiger partial charge in [-0.25, -0.2) is 0 Å². The lowest BCUT2D eigenvalue weighted by Crippen LogP contribution is -2.03. The molecule has 0 aromatic heterocycles. The molecule has 21 heavy (non-hydrogen) atoms. The summed E-state index contributed by atoms with van der Waals surface area (Å²) in [5, 5.41) is 3.49. The molecule has 1 aliphatic rings. The predicted octanol–water partition coefficient (Wildman–Crippen LogP) is 5.28. The molecule has 2 aromatic carbocycles. The summed E-state index contributed by atoms with van der Waals surface area (Å²) in [5.74, 6) is 0.0244. The van der Waals surface area contributed by atoms with Gasteiger partial charge in [0.25, 0.3) is 0 Å². The third kappa shape index (κ3) is 3.33. The Hall–Kier alpha value is -0.840. The SMILES string of the molecule is O=C1Cc2cc(C(Br)Cc3cccc(Br)c3)c(Cl)cc2N1. The van der Waals surface area contributed by atoms with Gasteiger partial charge < -0.3 is 5.32 Å². The molecule has 1 N–H and O–H groups in total. The molecule has 0 aliphatic carbocycles. The quantitative estimate of drug-likeness (QED) is 0.661. The van der Waals surface area contributed by atoms with E-state index in [-0.39, 0.29) is 10.7 Å².